The number of carboxylic acid groups (broad SMARTS) is 1. The molecule has 19 heavy (non-hydrogen) atoms. The molecule has 0 aromatic carbocycles. The zero-order valence-corrected chi connectivity index (χ0v) is 11.0. The highest BCUT2D eigenvalue weighted by atomic mass is 16.5. The summed E-state index contributed by atoms with van der Waals surface area (Å²) in [5.74, 6) is -1.04. The van der Waals surface area contributed by atoms with Gasteiger partial charge in [0, 0.05) is 33.2 Å². The van der Waals surface area contributed by atoms with E-state index in [2.05, 4.69) is 5.32 Å². The van der Waals surface area contributed by atoms with Crippen molar-refractivity contribution in [3.05, 3.63) is 0 Å². The third-order valence-corrected chi connectivity index (χ3v) is 3.54. The van der Waals surface area contributed by atoms with Crippen LogP contribution in [0.3, 0.4) is 0 Å². The van der Waals surface area contributed by atoms with Gasteiger partial charge in [-0.25, -0.2) is 9.59 Å². The van der Waals surface area contributed by atoms with Crippen LogP contribution in [0.2, 0.25) is 0 Å². The fourth-order valence-electron chi connectivity index (χ4n) is 2.51. The number of ether oxygens (including phenoxy) is 2. The van der Waals surface area contributed by atoms with Gasteiger partial charge in [-0.3, -0.25) is 0 Å². The number of urea groups is 1. The maximum absolute atomic E-state index is 12.1. The molecular formula is C12H20N2O5. The van der Waals surface area contributed by atoms with Gasteiger partial charge in [0.15, 0.2) is 0 Å². The summed E-state index contributed by atoms with van der Waals surface area (Å²) in [5.41, 5.74) is 0. The molecule has 2 bridgehead atoms. The number of aliphatic carboxylic acids is 1. The number of hydrogen-bond acceptors (Lipinski definition) is 4. The van der Waals surface area contributed by atoms with Gasteiger partial charge < -0.3 is 24.8 Å². The number of likely N-dealkylation sites (tertiary alicyclic amines) is 1. The Morgan fingerprint density at radius 1 is 1.42 bits per heavy atom. The average Bonchev–Trinajstić information content (AvgIpc) is 2.72. The molecule has 0 aliphatic carbocycles. The van der Waals surface area contributed by atoms with Gasteiger partial charge in [0.05, 0.1) is 12.2 Å². The molecule has 108 valence electrons. The monoisotopic (exact) mass is 272 g/mol. The number of carboxylic acids is 1. The molecule has 0 spiro atoms. The molecule has 0 aromatic heterocycles. The van der Waals surface area contributed by atoms with Crippen molar-refractivity contribution >= 4 is 12.0 Å². The Labute approximate surface area is 111 Å². The first-order valence-electron chi connectivity index (χ1n) is 6.52. The summed E-state index contributed by atoms with van der Waals surface area (Å²) in [5, 5.41) is 11.6. The predicted molar refractivity (Wildman–Crippen MR) is 65.9 cm³/mol. The summed E-state index contributed by atoms with van der Waals surface area (Å²) < 4.78 is 10.5. The predicted octanol–water partition coefficient (Wildman–Crippen LogP) is 0.0489. The molecule has 2 heterocycles. The van der Waals surface area contributed by atoms with Crippen LogP contribution < -0.4 is 5.32 Å². The number of hydrogen-bond donors (Lipinski definition) is 2. The maximum atomic E-state index is 12.1. The van der Waals surface area contributed by atoms with Crippen molar-refractivity contribution in [2.45, 2.75) is 37.5 Å². The lowest BCUT2D eigenvalue weighted by atomic mass is 10.2. The van der Waals surface area contributed by atoms with E-state index in [0.717, 1.165) is 12.8 Å². The SMILES string of the molecule is COCCC(NC(=O)N1CC2CCC(C1)O2)C(=O)O. The molecule has 2 N–H and O–H groups in total. The molecule has 7 heteroatoms. The summed E-state index contributed by atoms with van der Waals surface area (Å²) in [6, 6.07) is -1.24. The van der Waals surface area contributed by atoms with E-state index >= 15 is 0 Å². The minimum atomic E-state index is -1.04. The van der Waals surface area contributed by atoms with Gasteiger partial charge in [-0.1, -0.05) is 0 Å². The van der Waals surface area contributed by atoms with Gasteiger partial charge in [-0.2, -0.15) is 0 Å². The minimum Gasteiger partial charge on any atom is -0.480 e. The number of rotatable bonds is 5. The first kappa shape index (κ1) is 14.1. The van der Waals surface area contributed by atoms with E-state index < -0.39 is 12.0 Å². The first-order chi connectivity index (χ1) is 9.10. The number of fused-ring (bicyclic) bond motifs is 2. The van der Waals surface area contributed by atoms with Crippen molar-refractivity contribution in [3.63, 3.8) is 0 Å². The van der Waals surface area contributed by atoms with E-state index in [9.17, 15) is 9.59 Å². The average molecular weight is 272 g/mol. The number of morpholine rings is 1. The van der Waals surface area contributed by atoms with Crippen LogP contribution >= 0.6 is 0 Å². The zero-order chi connectivity index (χ0) is 13.8. The second-order valence-electron chi connectivity index (χ2n) is 4.98. The third-order valence-electron chi connectivity index (χ3n) is 3.54. The van der Waals surface area contributed by atoms with Crippen LogP contribution in [0.15, 0.2) is 0 Å². The van der Waals surface area contributed by atoms with Gasteiger partial charge in [0.25, 0.3) is 0 Å². The van der Waals surface area contributed by atoms with Crippen LogP contribution in [-0.4, -0.2) is 67.1 Å². The Balaban J connectivity index is 1.86. The number of carbonyl (C=O) groups excluding carboxylic acids is 1. The van der Waals surface area contributed by atoms with Gasteiger partial charge in [0.2, 0.25) is 0 Å². The summed E-state index contributed by atoms with van der Waals surface area (Å²) in [6.45, 7) is 1.38. The van der Waals surface area contributed by atoms with E-state index in [0.29, 0.717) is 19.7 Å². The van der Waals surface area contributed by atoms with Crippen molar-refractivity contribution in [3.8, 4) is 0 Å². The van der Waals surface area contributed by atoms with Crippen LogP contribution in [-0.2, 0) is 14.3 Å². The smallest absolute Gasteiger partial charge is 0.326 e. The maximum Gasteiger partial charge on any atom is 0.326 e. The lowest BCUT2D eigenvalue weighted by Crippen LogP contribution is -2.53. The molecule has 2 amide bonds. The van der Waals surface area contributed by atoms with Crippen LogP contribution in [0.4, 0.5) is 4.79 Å². The quantitative estimate of drug-likeness (QED) is 0.738. The van der Waals surface area contributed by atoms with Gasteiger partial charge in [0.1, 0.15) is 6.04 Å². The fourth-order valence-corrected chi connectivity index (χ4v) is 2.51. The molecule has 2 rings (SSSR count). The zero-order valence-electron chi connectivity index (χ0n) is 11.0. The second kappa shape index (κ2) is 6.21. The van der Waals surface area contributed by atoms with Crippen molar-refractivity contribution in [1.29, 1.82) is 0 Å². The van der Waals surface area contributed by atoms with E-state index in [-0.39, 0.29) is 24.7 Å². The number of amides is 2. The number of methoxy groups -OCH3 is 1. The summed E-state index contributed by atoms with van der Waals surface area (Å²) in [4.78, 5) is 24.7. The molecule has 7 nitrogen and oxygen atoms in total. The molecule has 0 aromatic rings. The van der Waals surface area contributed by atoms with Crippen molar-refractivity contribution in [1.82, 2.24) is 10.2 Å². The first-order valence-corrected chi connectivity index (χ1v) is 6.52. The third kappa shape index (κ3) is 3.57. The fraction of sp³-hybridized carbons (Fsp3) is 0.833. The lowest BCUT2D eigenvalue weighted by molar-refractivity contribution is -0.139. The number of nitrogens with one attached hydrogen (secondary N) is 1. The Hall–Kier alpha value is -1.34. The summed E-state index contributed by atoms with van der Waals surface area (Å²) in [7, 11) is 1.50. The van der Waals surface area contributed by atoms with E-state index in [1.165, 1.54) is 7.11 Å². The Morgan fingerprint density at radius 3 is 2.58 bits per heavy atom. The molecule has 2 aliphatic rings. The molecule has 2 saturated heterocycles. The molecule has 2 aliphatic heterocycles. The second-order valence-corrected chi connectivity index (χ2v) is 4.98. The van der Waals surface area contributed by atoms with Crippen molar-refractivity contribution < 1.29 is 24.2 Å². The lowest BCUT2D eigenvalue weighted by Gasteiger charge is -2.32. The molecule has 0 radical (unpaired) electrons. The summed E-state index contributed by atoms with van der Waals surface area (Å²) in [6.07, 6.45) is 2.41. The standard InChI is InChI=1S/C12H20N2O5/c1-18-5-4-10(11(15)16)13-12(17)14-6-8-2-3-9(7-14)19-8/h8-10H,2-7H2,1H3,(H,13,17)(H,15,16). The number of carbonyl (C=O) groups is 2. The van der Waals surface area contributed by atoms with Gasteiger partial charge in [-0.05, 0) is 12.8 Å². The van der Waals surface area contributed by atoms with E-state index in [1.54, 1.807) is 4.90 Å². The Morgan fingerprint density at radius 2 is 2.05 bits per heavy atom. The van der Waals surface area contributed by atoms with Gasteiger partial charge >= 0.3 is 12.0 Å². The highest BCUT2D eigenvalue weighted by Gasteiger charge is 2.36. The minimum absolute atomic E-state index is 0.103. The largest absolute Gasteiger partial charge is 0.480 e. The summed E-state index contributed by atoms with van der Waals surface area (Å²) >= 11 is 0. The molecule has 3 unspecified atom stereocenters. The van der Waals surface area contributed by atoms with Crippen LogP contribution in [0, 0.1) is 0 Å². The highest BCUT2D eigenvalue weighted by molar-refractivity contribution is 5.82. The van der Waals surface area contributed by atoms with Crippen LogP contribution in [0.25, 0.3) is 0 Å². The molecular weight excluding hydrogens is 252 g/mol. The Bertz CT molecular complexity index is 337. The van der Waals surface area contributed by atoms with Crippen LogP contribution in [0.1, 0.15) is 19.3 Å². The molecule has 0 saturated carbocycles. The number of nitrogens with zero attached hydrogens (tertiary/aromatic N) is 1. The highest BCUT2D eigenvalue weighted by Crippen LogP contribution is 2.26. The van der Waals surface area contributed by atoms with E-state index in [1.807, 2.05) is 0 Å². The topological polar surface area (TPSA) is 88.1 Å². The molecule has 3 atom stereocenters. The molecule has 2 fully saturated rings. The van der Waals surface area contributed by atoms with Crippen LogP contribution in [0.5, 0.6) is 0 Å². The van der Waals surface area contributed by atoms with Gasteiger partial charge in [-0.15, -0.1) is 0 Å². The van der Waals surface area contributed by atoms with E-state index in [4.69, 9.17) is 14.6 Å². The van der Waals surface area contributed by atoms with Crippen molar-refractivity contribution in [2.75, 3.05) is 26.8 Å². The van der Waals surface area contributed by atoms with Crippen molar-refractivity contribution in [2.24, 2.45) is 0 Å². The Kier molecular flexibility index (Phi) is 4.60. The normalized spacial score (nSPS) is 27.1.